The standard InChI is InChI=1S/C17H20.2ClH.V/c1-5-8-14-10-7-12-16(14)17(3,4)15-11-6-9-13(15)2;;;/h1,6-7,9,12H,8,10-11H2,2-4H3;2*1H;/q;;;+2/p-2. The van der Waals surface area contributed by atoms with Crippen LogP contribution in [-0.4, -0.2) is 0 Å². The molecule has 0 spiro atoms. The van der Waals surface area contributed by atoms with E-state index in [0.717, 1.165) is 19.3 Å². The number of hydrogen-bond donors (Lipinski definition) is 0. The van der Waals surface area contributed by atoms with E-state index in [2.05, 4.69) is 51.0 Å². The first-order valence-corrected chi connectivity index (χ1v) is 6.26. The Morgan fingerprint density at radius 3 is 2.25 bits per heavy atom. The summed E-state index contributed by atoms with van der Waals surface area (Å²) in [5, 5.41) is 0. The van der Waals surface area contributed by atoms with Crippen LogP contribution in [0.1, 0.15) is 40.0 Å². The molecule has 0 amide bonds. The molecule has 0 aromatic heterocycles. The predicted octanol–water partition coefficient (Wildman–Crippen LogP) is -1.43. The van der Waals surface area contributed by atoms with Gasteiger partial charge in [0.2, 0.25) is 0 Å². The fourth-order valence-corrected chi connectivity index (χ4v) is 3.01. The first-order valence-electron chi connectivity index (χ1n) is 6.26. The molecule has 20 heavy (non-hydrogen) atoms. The van der Waals surface area contributed by atoms with Crippen molar-refractivity contribution in [3.63, 3.8) is 0 Å². The third-order valence-electron chi connectivity index (χ3n) is 3.94. The number of hydrogen-bond acceptors (Lipinski definition) is 0. The number of rotatable bonds is 3. The molecular formula is C17H20Cl2V. The van der Waals surface area contributed by atoms with Gasteiger partial charge in [-0.05, 0) is 25.3 Å². The van der Waals surface area contributed by atoms with Crippen LogP contribution >= 0.6 is 0 Å². The largest absolute Gasteiger partial charge is 2.00 e. The zero-order chi connectivity index (χ0) is 12.5. The predicted molar refractivity (Wildman–Crippen MR) is 74.5 cm³/mol. The summed E-state index contributed by atoms with van der Waals surface area (Å²) in [7, 11) is 0. The third kappa shape index (κ3) is 4.09. The topological polar surface area (TPSA) is 0 Å². The summed E-state index contributed by atoms with van der Waals surface area (Å²) in [6.07, 6.45) is 17.4. The van der Waals surface area contributed by atoms with E-state index in [0.29, 0.717) is 0 Å². The second-order valence-corrected chi connectivity index (χ2v) is 5.40. The molecular weight excluding hydrogens is 326 g/mol. The van der Waals surface area contributed by atoms with Crippen LogP contribution in [0.25, 0.3) is 0 Å². The van der Waals surface area contributed by atoms with Crippen molar-refractivity contribution in [2.75, 3.05) is 0 Å². The zero-order valence-electron chi connectivity index (χ0n) is 12.2. The van der Waals surface area contributed by atoms with Crippen LogP contribution in [0.15, 0.2) is 46.6 Å². The summed E-state index contributed by atoms with van der Waals surface area (Å²) in [6, 6.07) is 0. The van der Waals surface area contributed by atoms with Crippen LogP contribution < -0.4 is 24.8 Å². The maximum atomic E-state index is 5.46. The Labute approximate surface area is 147 Å². The van der Waals surface area contributed by atoms with Crippen molar-refractivity contribution in [3.8, 4) is 12.3 Å². The Morgan fingerprint density at radius 1 is 1.15 bits per heavy atom. The van der Waals surface area contributed by atoms with Gasteiger partial charge in [-0.3, -0.25) is 0 Å². The van der Waals surface area contributed by atoms with Crippen molar-refractivity contribution in [2.24, 2.45) is 5.41 Å². The van der Waals surface area contributed by atoms with Gasteiger partial charge in [0.15, 0.2) is 0 Å². The van der Waals surface area contributed by atoms with Crippen molar-refractivity contribution in [3.05, 3.63) is 46.6 Å². The van der Waals surface area contributed by atoms with Crippen LogP contribution in [-0.2, 0) is 18.6 Å². The van der Waals surface area contributed by atoms with Crippen molar-refractivity contribution < 1.29 is 43.4 Å². The van der Waals surface area contributed by atoms with Gasteiger partial charge in [-0.1, -0.05) is 54.9 Å². The van der Waals surface area contributed by atoms with E-state index in [1.165, 1.54) is 22.3 Å². The minimum absolute atomic E-state index is 0. The molecule has 0 heterocycles. The quantitative estimate of drug-likeness (QED) is 0.550. The molecule has 0 nitrogen and oxygen atoms in total. The Balaban J connectivity index is 0. The molecule has 107 valence electrons. The minimum atomic E-state index is 0. The summed E-state index contributed by atoms with van der Waals surface area (Å²) >= 11 is 0. The van der Waals surface area contributed by atoms with Gasteiger partial charge in [-0.2, -0.15) is 0 Å². The molecule has 0 unspecified atom stereocenters. The molecule has 0 fully saturated rings. The summed E-state index contributed by atoms with van der Waals surface area (Å²) < 4.78 is 0. The average molecular weight is 346 g/mol. The molecule has 0 aromatic rings. The molecule has 0 N–H and O–H groups in total. The molecule has 0 saturated carbocycles. The Hall–Kier alpha value is -0.316. The molecule has 3 heteroatoms. The molecule has 2 aliphatic carbocycles. The molecule has 0 saturated heterocycles. The van der Waals surface area contributed by atoms with Gasteiger partial charge in [-0.25, -0.2) is 0 Å². The van der Waals surface area contributed by atoms with E-state index in [1.807, 2.05) is 0 Å². The smallest absolute Gasteiger partial charge is 1.00 e. The van der Waals surface area contributed by atoms with Gasteiger partial charge in [-0.15, -0.1) is 12.3 Å². The average Bonchev–Trinajstić information content (AvgIpc) is 2.87. The van der Waals surface area contributed by atoms with Gasteiger partial charge < -0.3 is 24.8 Å². The van der Waals surface area contributed by atoms with Crippen LogP contribution in [0.2, 0.25) is 0 Å². The Bertz CT molecular complexity index is 500. The maximum Gasteiger partial charge on any atom is 2.00 e. The Morgan fingerprint density at radius 2 is 1.75 bits per heavy atom. The maximum absolute atomic E-state index is 5.46. The van der Waals surface area contributed by atoms with Gasteiger partial charge in [0.1, 0.15) is 0 Å². The monoisotopic (exact) mass is 345 g/mol. The minimum Gasteiger partial charge on any atom is -1.00 e. The van der Waals surface area contributed by atoms with E-state index in [1.54, 1.807) is 0 Å². The second kappa shape index (κ2) is 8.86. The van der Waals surface area contributed by atoms with Crippen molar-refractivity contribution in [1.82, 2.24) is 0 Å². The van der Waals surface area contributed by atoms with Crippen LogP contribution in [0.3, 0.4) is 0 Å². The first kappa shape index (κ1) is 22.0. The second-order valence-electron chi connectivity index (χ2n) is 5.40. The summed E-state index contributed by atoms with van der Waals surface area (Å²) in [6.45, 7) is 6.85. The van der Waals surface area contributed by atoms with E-state index in [-0.39, 0.29) is 48.8 Å². The summed E-state index contributed by atoms with van der Waals surface area (Å²) in [5.74, 6) is 2.78. The fraction of sp³-hybridized carbons (Fsp3) is 0.412. The van der Waals surface area contributed by atoms with Gasteiger partial charge in [0.05, 0.1) is 0 Å². The first-order chi connectivity index (χ1) is 8.07. The number of terminal acetylenes is 1. The molecule has 2 aliphatic rings. The van der Waals surface area contributed by atoms with E-state index >= 15 is 0 Å². The number of halogens is 2. The third-order valence-corrected chi connectivity index (χ3v) is 3.94. The van der Waals surface area contributed by atoms with Crippen molar-refractivity contribution in [1.29, 1.82) is 0 Å². The van der Waals surface area contributed by atoms with Crippen LogP contribution in [0, 0.1) is 17.8 Å². The molecule has 1 radical (unpaired) electrons. The zero-order valence-corrected chi connectivity index (χ0v) is 15.1. The SMILES string of the molecule is C#CCC1=C(C(C)(C)C2=C(C)C=CC2)C=CC1.[Cl-].[Cl-].[V+2]. The molecule has 2 rings (SSSR count). The Kier molecular flexibility index (Phi) is 9.73. The van der Waals surface area contributed by atoms with Crippen molar-refractivity contribution in [2.45, 2.75) is 40.0 Å². The fourth-order valence-electron chi connectivity index (χ4n) is 3.01. The normalized spacial score (nSPS) is 16.5. The summed E-state index contributed by atoms with van der Waals surface area (Å²) in [4.78, 5) is 0. The molecule has 0 atom stereocenters. The van der Waals surface area contributed by atoms with Gasteiger partial charge >= 0.3 is 18.6 Å². The van der Waals surface area contributed by atoms with E-state index in [4.69, 9.17) is 6.42 Å². The van der Waals surface area contributed by atoms with Crippen LogP contribution in [0.4, 0.5) is 0 Å². The van der Waals surface area contributed by atoms with E-state index < -0.39 is 0 Å². The van der Waals surface area contributed by atoms with Gasteiger partial charge in [0.25, 0.3) is 0 Å². The van der Waals surface area contributed by atoms with Crippen LogP contribution in [0.5, 0.6) is 0 Å². The molecule has 0 aliphatic heterocycles. The molecule has 0 bridgehead atoms. The number of allylic oxidation sites excluding steroid dienone is 8. The van der Waals surface area contributed by atoms with E-state index in [9.17, 15) is 0 Å². The van der Waals surface area contributed by atoms with Gasteiger partial charge in [0, 0.05) is 11.8 Å². The molecule has 0 aromatic carbocycles. The summed E-state index contributed by atoms with van der Waals surface area (Å²) in [5.41, 5.74) is 5.93. The van der Waals surface area contributed by atoms with Crippen molar-refractivity contribution >= 4 is 0 Å².